The highest BCUT2D eigenvalue weighted by Gasteiger charge is 2.40. The number of fused-ring (bicyclic) bond motifs is 1. The number of ether oxygens (including phenoxy) is 2. The molecule has 0 atom stereocenters. The molecule has 0 saturated heterocycles. The zero-order valence-electron chi connectivity index (χ0n) is 18.5. The van der Waals surface area contributed by atoms with E-state index >= 15 is 0 Å². The summed E-state index contributed by atoms with van der Waals surface area (Å²) in [5, 5.41) is 0.703. The lowest BCUT2D eigenvalue weighted by Crippen LogP contribution is -2.44. The van der Waals surface area contributed by atoms with Crippen LogP contribution in [0.15, 0.2) is 39.1 Å². The Balaban J connectivity index is 2.55. The predicted octanol–water partition coefficient (Wildman–Crippen LogP) is 4.85. The van der Waals surface area contributed by atoms with Gasteiger partial charge in [-0.1, -0.05) is 26.8 Å². The molecule has 1 aromatic heterocycles. The first-order valence-electron chi connectivity index (χ1n) is 9.49. The molecule has 0 saturated carbocycles. The van der Waals surface area contributed by atoms with Crippen molar-refractivity contribution in [3.8, 4) is 11.5 Å². The Labute approximate surface area is 172 Å². The van der Waals surface area contributed by atoms with Gasteiger partial charge in [-0.2, -0.15) is 0 Å². The van der Waals surface area contributed by atoms with Crippen molar-refractivity contribution in [3.05, 3.63) is 45.8 Å². The summed E-state index contributed by atoms with van der Waals surface area (Å²) in [5.41, 5.74) is 0.782. The van der Waals surface area contributed by atoms with Crippen LogP contribution in [-0.4, -0.2) is 28.5 Å². The zero-order valence-corrected chi connectivity index (χ0v) is 19.5. The van der Waals surface area contributed by atoms with Gasteiger partial charge in [0.15, 0.2) is 17.1 Å². The predicted molar refractivity (Wildman–Crippen MR) is 116 cm³/mol. The fourth-order valence-corrected chi connectivity index (χ4v) is 3.51. The topological polar surface area (TPSA) is 75.0 Å². The Kier molecular flexibility index (Phi) is 6.62. The Bertz CT molecular complexity index is 995. The number of carbonyl (C=O) groups excluding carboxylic acids is 1. The summed E-state index contributed by atoms with van der Waals surface area (Å²) < 4.78 is 22.3. The molecular formula is C22H30O6Si. The van der Waals surface area contributed by atoms with Crippen molar-refractivity contribution in [2.75, 3.05) is 14.2 Å². The summed E-state index contributed by atoms with van der Waals surface area (Å²) in [5.74, 6) is 0.561. The summed E-state index contributed by atoms with van der Waals surface area (Å²) in [6, 6.07) is 5.40. The zero-order chi connectivity index (χ0) is 22.0. The number of allylic oxidation sites excluding steroid dienone is 1. The van der Waals surface area contributed by atoms with E-state index in [9.17, 15) is 9.59 Å². The van der Waals surface area contributed by atoms with Crippen LogP contribution in [0.4, 0.5) is 0 Å². The molecule has 158 valence electrons. The van der Waals surface area contributed by atoms with Crippen LogP contribution in [0.25, 0.3) is 11.0 Å². The minimum atomic E-state index is -2.19. The third-order valence-electron chi connectivity index (χ3n) is 5.41. The fraction of sp³-hybridized carbons (Fsp3) is 0.455. The molecular weight excluding hydrogens is 388 g/mol. The molecule has 7 heteroatoms. The maximum absolute atomic E-state index is 12.6. The van der Waals surface area contributed by atoms with Crippen molar-refractivity contribution in [2.45, 2.75) is 52.2 Å². The molecule has 0 bridgehead atoms. The summed E-state index contributed by atoms with van der Waals surface area (Å²) in [6.45, 7) is 12.3. The van der Waals surface area contributed by atoms with Crippen molar-refractivity contribution < 1.29 is 23.1 Å². The Morgan fingerprint density at radius 1 is 1.21 bits per heavy atom. The highest BCUT2D eigenvalue weighted by Crippen LogP contribution is 2.43. The van der Waals surface area contributed by atoms with E-state index in [1.807, 2.05) is 12.1 Å². The molecule has 0 spiro atoms. The molecule has 6 nitrogen and oxygen atoms in total. The monoisotopic (exact) mass is 418 g/mol. The van der Waals surface area contributed by atoms with Gasteiger partial charge in [0.2, 0.25) is 0 Å². The van der Waals surface area contributed by atoms with Crippen molar-refractivity contribution in [1.82, 2.24) is 0 Å². The number of methoxy groups -OCH3 is 2. The minimum absolute atomic E-state index is 0.0311. The quantitative estimate of drug-likeness (QED) is 0.289. The maximum Gasteiger partial charge on any atom is 0.339 e. The summed E-state index contributed by atoms with van der Waals surface area (Å²) in [6.07, 6.45) is 1.92. The van der Waals surface area contributed by atoms with E-state index in [1.165, 1.54) is 7.11 Å². The van der Waals surface area contributed by atoms with Crippen molar-refractivity contribution in [3.63, 3.8) is 0 Å². The summed E-state index contributed by atoms with van der Waals surface area (Å²) in [4.78, 5) is 24.1. The second-order valence-corrected chi connectivity index (χ2v) is 13.2. The van der Waals surface area contributed by atoms with Crippen molar-refractivity contribution in [1.29, 1.82) is 0 Å². The van der Waals surface area contributed by atoms with Crippen molar-refractivity contribution >= 4 is 25.3 Å². The first kappa shape index (κ1) is 22.7. The second kappa shape index (κ2) is 8.45. The van der Waals surface area contributed by atoms with Gasteiger partial charge in [0.05, 0.1) is 14.2 Å². The molecule has 1 aromatic carbocycles. The molecule has 1 heterocycles. The highest BCUT2D eigenvalue weighted by atomic mass is 28.4. The van der Waals surface area contributed by atoms with Gasteiger partial charge in [0.1, 0.15) is 0 Å². The van der Waals surface area contributed by atoms with E-state index < -0.39 is 19.9 Å². The van der Waals surface area contributed by atoms with E-state index in [-0.39, 0.29) is 11.5 Å². The summed E-state index contributed by atoms with van der Waals surface area (Å²) >= 11 is 0. The lowest BCUT2D eigenvalue weighted by molar-refractivity contribution is -0.136. The number of carbonyl (C=O) groups is 1. The number of hydrogen-bond acceptors (Lipinski definition) is 6. The van der Waals surface area contributed by atoms with Crippen LogP contribution in [0, 0.1) is 0 Å². The van der Waals surface area contributed by atoms with Crippen LogP contribution in [0.1, 0.15) is 33.3 Å². The van der Waals surface area contributed by atoms with Gasteiger partial charge in [0, 0.05) is 16.5 Å². The molecule has 0 radical (unpaired) electrons. The number of esters is 1. The standard InChI is InChI=1S/C22H30O6Si/c1-14(20(23)26-6)9-10-16-13-15-11-12-17(25-5)19(18(15)27-21(16)24)28-29(7,8)22(2,3)4/h9,11-13H,10H2,1-8H3/b14-9+. The van der Waals surface area contributed by atoms with Gasteiger partial charge in [-0.25, -0.2) is 9.59 Å². The van der Waals surface area contributed by atoms with E-state index in [0.29, 0.717) is 28.2 Å². The maximum atomic E-state index is 12.6. The van der Waals surface area contributed by atoms with E-state index in [4.69, 9.17) is 13.6 Å². The molecule has 0 aliphatic rings. The molecule has 0 amide bonds. The average Bonchev–Trinajstić information content (AvgIpc) is 2.64. The average molecular weight is 419 g/mol. The van der Waals surface area contributed by atoms with Gasteiger partial charge in [-0.3, -0.25) is 0 Å². The van der Waals surface area contributed by atoms with Gasteiger partial charge in [0.25, 0.3) is 8.32 Å². The Morgan fingerprint density at radius 3 is 2.41 bits per heavy atom. The Hall–Kier alpha value is -2.54. The van der Waals surface area contributed by atoms with Gasteiger partial charge in [-0.15, -0.1) is 0 Å². The number of rotatable bonds is 6. The lowest BCUT2D eigenvalue weighted by atomic mass is 10.1. The third kappa shape index (κ3) is 4.90. The van der Waals surface area contributed by atoms with Crippen LogP contribution >= 0.6 is 0 Å². The van der Waals surface area contributed by atoms with Crippen LogP contribution < -0.4 is 14.8 Å². The van der Waals surface area contributed by atoms with Crippen LogP contribution in [0.5, 0.6) is 11.5 Å². The normalized spacial score (nSPS) is 12.8. The smallest absolute Gasteiger partial charge is 0.339 e. The molecule has 29 heavy (non-hydrogen) atoms. The summed E-state index contributed by atoms with van der Waals surface area (Å²) in [7, 11) is 0.691. The van der Waals surface area contributed by atoms with Crippen LogP contribution in [0.3, 0.4) is 0 Å². The Morgan fingerprint density at radius 2 is 1.86 bits per heavy atom. The first-order valence-corrected chi connectivity index (χ1v) is 12.4. The number of hydrogen-bond donors (Lipinski definition) is 0. The van der Waals surface area contributed by atoms with E-state index in [0.717, 1.165) is 5.39 Å². The SMILES string of the molecule is COC(=O)/C(C)=C/Cc1cc2ccc(OC)c(O[Si](C)(C)C(C)(C)C)c2oc1=O. The molecule has 0 N–H and O–H groups in total. The fourth-order valence-electron chi connectivity index (χ4n) is 2.50. The number of benzene rings is 1. The minimum Gasteiger partial charge on any atom is -0.538 e. The second-order valence-electron chi connectivity index (χ2n) is 8.52. The van der Waals surface area contributed by atoms with E-state index in [1.54, 1.807) is 26.2 Å². The molecule has 0 fully saturated rings. The highest BCUT2D eigenvalue weighted by molar-refractivity contribution is 6.74. The molecule has 2 rings (SSSR count). The molecule has 0 unspecified atom stereocenters. The lowest BCUT2D eigenvalue weighted by Gasteiger charge is -2.36. The largest absolute Gasteiger partial charge is 0.538 e. The van der Waals surface area contributed by atoms with Crippen molar-refractivity contribution in [2.24, 2.45) is 0 Å². The first-order chi connectivity index (χ1) is 13.4. The molecule has 0 aliphatic heterocycles. The van der Waals surface area contributed by atoms with Crippen LogP contribution in [-0.2, 0) is 16.0 Å². The molecule has 0 aliphatic carbocycles. The third-order valence-corrected chi connectivity index (χ3v) is 9.74. The van der Waals surface area contributed by atoms with E-state index in [2.05, 4.69) is 38.6 Å². The van der Waals surface area contributed by atoms with Gasteiger partial charge >= 0.3 is 11.6 Å². The van der Waals surface area contributed by atoms with Gasteiger partial charge in [-0.05, 0) is 49.7 Å². The van der Waals surface area contributed by atoms with Gasteiger partial charge < -0.3 is 18.3 Å². The van der Waals surface area contributed by atoms with Crippen LogP contribution in [0.2, 0.25) is 18.1 Å². The molecule has 2 aromatic rings.